The largest absolute Gasteiger partial charge is 0.496 e. The van der Waals surface area contributed by atoms with E-state index in [2.05, 4.69) is 15.4 Å². The normalized spacial score (nSPS) is 12.3. The number of aromatic nitrogens is 5. The Balaban J connectivity index is 1.64. The van der Waals surface area contributed by atoms with Crippen molar-refractivity contribution in [1.29, 1.82) is 0 Å². The molecule has 0 aliphatic carbocycles. The van der Waals surface area contributed by atoms with E-state index < -0.39 is 6.04 Å². The van der Waals surface area contributed by atoms with Crippen LogP contribution in [0, 0.1) is 0 Å². The van der Waals surface area contributed by atoms with Gasteiger partial charge in [-0.3, -0.25) is 4.79 Å². The van der Waals surface area contributed by atoms with E-state index >= 15 is 0 Å². The number of hydrogen-bond donors (Lipinski definition) is 1. The number of furan rings is 1. The second kappa shape index (κ2) is 9.09. The van der Waals surface area contributed by atoms with Crippen molar-refractivity contribution >= 4 is 16.9 Å². The highest BCUT2D eigenvalue weighted by atomic mass is 16.5. The highest BCUT2D eigenvalue weighted by molar-refractivity contribution is 6.06. The van der Waals surface area contributed by atoms with Crippen molar-refractivity contribution < 1.29 is 13.9 Å². The molecule has 0 aliphatic rings. The molecule has 1 amide bonds. The van der Waals surface area contributed by atoms with E-state index in [9.17, 15) is 4.79 Å². The van der Waals surface area contributed by atoms with Crippen LogP contribution in [0.4, 0.5) is 0 Å². The lowest BCUT2D eigenvalue weighted by Gasteiger charge is -2.21. The number of para-hydroxylation sites is 1. The van der Waals surface area contributed by atoms with Crippen LogP contribution in [0.15, 0.2) is 71.7 Å². The topological polar surface area (TPSA) is 100 Å². The van der Waals surface area contributed by atoms with E-state index in [1.54, 1.807) is 42.6 Å². The molecule has 0 saturated carbocycles. The van der Waals surface area contributed by atoms with Crippen LogP contribution in [0.25, 0.3) is 22.5 Å². The molecule has 0 fully saturated rings. The van der Waals surface area contributed by atoms with Gasteiger partial charge in [-0.1, -0.05) is 18.2 Å². The molecule has 5 aromatic rings. The van der Waals surface area contributed by atoms with Gasteiger partial charge >= 0.3 is 0 Å². The lowest BCUT2D eigenvalue weighted by molar-refractivity contribution is 0.0942. The molecule has 1 atom stereocenters. The maximum atomic E-state index is 13.9. The highest BCUT2D eigenvalue weighted by Gasteiger charge is 2.26. The Morgan fingerprint density at radius 1 is 1.17 bits per heavy atom. The maximum Gasteiger partial charge on any atom is 0.253 e. The Kier molecular flexibility index (Phi) is 5.82. The number of aryl methyl sites for hydroxylation is 1. The van der Waals surface area contributed by atoms with Crippen LogP contribution in [0.2, 0.25) is 0 Å². The molecule has 4 aromatic heterocycles. The smallest absolute Gasteiger partial charge is 0.253 e. The Morgan fingerprint density at radius 2 is 2.00 bits per heavy atom. The van der Waals surface area contributed by atoms with Crippen molar-refractivity contribution in [3.05, 3.63) is 84.3 Å². The van der Waals surface area contributed by atoms with Crippen LogP contribution >= 0.6 is 0 Å². The average molecular weight is 471 g/mol. The number of methoxy groups -OCH3 is 1. The number of ether oxygens (including phenoxy) is 1. The van der Waals surface area contributed by atoms with Gasteiger partial charge < -0.3 is 19.0 Å². The van der Waals surface area contributed by atoms with Gasteiger partial charge in [-0.15, -0.1) is 0 Å². The number of nitrogens with zero attached hydrogens (tertiary/aromatic N) is 5. The summed E-state index contributed by atoms with van der Waals surface area (Å²) in [5.41, 5.74) is 2.42. The first-order valence-corrected chi connectivity index (χ1v) is 11.3. The van der Waals surface area contributed by atoms with Crippen molar-refractivity contribution in [2.45, 2.75) is 25.9 Å². The Morgan fingerprint density at radius 3 is 2.69 bits per heavy atom. The summed E-state index contributed by atoms with van der Waals surface area (Å²) in [6.07, 6.45) is 6.81. The third-order valence-electron chi connectivity index (χ3n) is 5.92. The number of carbonyl (C=O) groups is 1. The SMILES string of the molecule is COc1ccccc1C(NC(=O)c1cc(-c2ccco2)nc2c1cnn2C(C)C)c1nccn1C. The minimum atomic E-state index is -0.547. The number of benzene rings is 1. The summed E-state index contributed by atoms with van der Waals surface area (Å²) in [6.45, 7) is 4.04. The van der Waals surface area contributed by atoms with Gasteiger partial charge in [0.2, 0.25) is 0 Å². The number of imidazole rings is 1. The van der Waals surface area contributed by atoms with Crippen LogP contribution in [0.5, 0.6) is 5.75 Å². The number of nitrogens with one attached hydrogen (secondary N) is 1. The number of pyridine rings is 1. The van der Waals surface area contributed by atoms with Gasteiger partial charge in [0, 0.05) is 31.0 Å². The number of amides is 1. The zero-order valence-corrected chi connectivity index (χ0v) is 20.0. The number of fused-ring (bicyclic) bond motifs is 1. The molecule has 4 heterocycles. The second-order valence-corrected chi connectivity index (χ2v) is 8.50. The van der Waals surface area contributed by atoms with Gasteiger partial charge in [0.05, 0.1) is 30.5 Å². The van der Waals surface area contributed by atoms with Crippen LogP contribution in [-0.2, 0) is 7.05 Å². The number of carbonyl (C=O) groups excluding carboxylic acids is 1. The molecule has 178 valence electrons. The fourth-order valence-corrected chi connectivity index (χ4v) is 4.18. The summed E-state index contributed by atoms with van der Waals surface area (Å²) < 4.78 is 14.9. The molecule has 0 saturated heterocycles. The Bertz CT molecular complexity index is 1480. The van der Waals surface area contributed by atoms with E-state index in [4.69, 9.17) is 14.1 Å². The van der Waals surface area contributed by atoms with Gasteiger partial charge in [-0.05, 0) is 38.1 Å². The van der Waals surface area contributed by atoms with Gasteiger partial charge in [0.1, 0.15) is 23.3 Å². The monoisotopic (exact) mass is 470 g/mol. The second-order valence-electron chi connectivity index (χ2n) is 8.50. The molecule has 1 aromatic carbocycles. The summed E-state index contributed by atoms with van der Waals surface area (Å²) in [5, 5.41) is 8.33. The molecule has 0 spiro atoms. The minimum Gasteiger partial charge on any atom is -0.496 e. The number of rotatable bonds is 7. The summed E-state index contributed by atoms with van der Waals surface area (Å²) in [5.74, 6) is 1.62. The summed E-state index contributed by atoms with van der Waals surface area (Å²) in [6, 6.07) is 12.5. The lowest BCUT2D eigenvalue weighted by Crippen LogP contribution is -2.31. The number of hydrogen-bond acceptors (Lipinski definition) is 6. The third kappa shape index (κ3) is 4.05. The zero-order valence-electron chi connectivity index (χ0n) is 20.0. The first-order valence-electron chi connectivity index (χ1n) is 11.3. The molecule has 5 rings (SSSR count). The van der Waals surface area contributed by atoms with Crippen LogP contribution in [0.3, 0.4) is 0 Å². The Labute approximate surface area is 202 Å². The molecular weight excluding hydrogens is 444 g/mol. The van der Waals surface area contributed by atoms with E-state index in [-0.39, 0.29) is 11.9 Å². The third-order valence-corrected chi connectivity index (χ3v) is 5.92. The van der Waals surface area contributed by atoms with Gasteiger partial charge in [-0.2, -0.15) is 5.10 Å². The molecule has 9 heteroatoms. The van der Waals surface area contributed by atoms with Gasteiger partial charge in [0.25, 0.3) is 5.91 Å². The Hall–Kier alpha value is -4.40. The predicted octanol–water partition coefficient (Wildman–Crippen LogP) is 4.53. The lowest BCUT2D eigenvalue weighted by atomic mass is 10.0. The molecule has 1 unspecified atom stereocenters. The first kappa shape index (κ1) is 22.4. The minimum absolute atomic E-state index is 0.0664. The quantitative estimate of drug-likeness (QED) is 0.375. The molecule has 35 heavy (non-hydrogen) atoms. The average Bonchev–Trinajstić information content (AvgIpc) is 3.62. The zero-order chi connectivity index (χ0) is 24.5. The van der Waals surface area contributed by atoms with E-state index in [1.165, 1.54) is 0 Å². The predicted molar refractivity (Wildman–Crippen MR) is 131 cm³/mol. The summed E-state index contributed by atoms with van der Waals surface area (Å²) in [4.78, 5) is 23.1. The molecule has 0 aliphatic heterocycles. The molecule has 0 radical (unpaired) electrons. The standard InChI is InChI=1S/C26H26N6O3/c1-16(2)32-24-19(15-28-32)18(14-20(29-24)22-10-7-13-35-22)26(33)30-23(25-27-11-12-31(25)3)17-8-5-6-9-21(17)34-4/h5-16,23H,1-4H3,(H,30,33). The molecule has 1 N–H and O–H groups in total. The van der Waals surface area contributed by atoms with Gasteiger partial charge in [-0.25, -0.2) is 14.6 Å². The van der Waals surface area contributed by atoms with Crippen molar-refractivity contribution in [2.24, 2.45) is 7.05 Å². The maximum absolute atomic E-state index is 13.9. The van der Waals surface area contributed by atoms with Gasteiger partial charge in [0.15, 0.2) is 11.4 Å². The van der Waals surface area contributed by atoms with Crippen LogP contribution < -0.4 is 10.1 Å². The van der Waals surface area contributed by atoms with Crippen molar-refractivity contribution in [2.75, 3.05) is 7.11 Å². The van der Waals surface area contributed by atoms with E-state index in [1.807, 2.05) is 62.0 Å². The van der Waals surface area contributed by atoms with Crippen LogP contribution in [-0.4, -0.2) is 37.3 Å². The molecule has 0 bridgehead atoms. The van der Waals surface area contributed by atoms with Crippen LogP contribution in [0.1, 0.15) is 47.7 Å². The first-order chi connectivity index (χ1) is 17.0. The molecule has 9 nitrogen and oxygen atoms in total. The molecular formula is C26H26N6O3. The van der Waals surface area contributed by atoms with E-state index in [0.29, 0.717) is 39.6 Å². The van der Waals surface area contributed by atoms with Crippen molar-refractivity contribution in [1.82, 2.24) is 29.6 Å². The summed E-state index contributed by atoms with van der Waals surface area (Å²) >= 11 is 0. The van der Waals surface area contributed by atoms with Crippen molar-refractivity contribution in [3.8, 4) is 17.2 Å². The fraction of sp³-hybridized carbons (Fsp3) is 0.231. The summed E-state index contributed by atoms with van der Waals surface area (Å²) in [7, 11) is 3.50. The highest BCUT2D eigenvalue weighted by Crippen LogP contribution is 2.31. The fourth-order valence-electron chi connectivity index (χ4n) is 4.18. The van der Waals surface area contributed by atoms with E-state index in [0.717, 1.165) is 5.56 Å². The van der Waals surface area contributed by atoms with Crippen molar-refractivity contribution in [3.63, 3.8) is 0 Å².